The maximum absolute atomic E-state index is 5.91. The molecule has 1 aliphatic rings. The molecule has 0 radical (unpaired) electrons. The fourth-order valence-electron chi connectivity index (χ4n) is 3.82. The lowest BCUT2D eigenvalue weighted by molar-refractivity contribution is -0.921. The van der Waals surface area contributed by atoms with E-state index in [-0.39, 0.29) is 0 Å². The van der Waals surface area contributed by atoms with Gasteiger partial charge in [-0.25, -0.2) is 4.98 Å². The van der Waals surface area contributed by atoms with Crippen LogP contribution < -0.4 is 4.90 Å². The largest absolute Gasteiger partial charge is 0.415 e. The zero-order chi connectivity index (χ0) is 18.1. The summed E-state index contributed by atoms with van der Waals surface area (Å²) in [5, 5.41) is 9.75. The minimum absolute atomic E-state index is 0.516. The predicted molar refractivity (Wildman–Crippen MR) is 106 cm³/mol. The molecule has 1 N–H and O–H groups in total. The van der Waals surface area contributed by atoms with E-state index in [1.807, 2.05) is 41.7 Å². The molecule has 0 amide bonds. The molecule has 1 saturated heterocycles. The number of nitrogens with zero attached hydrogens (tertiary/aromatic N) is 3. The number of nitrogens with one attached hydrogen (secondary N) is 1. The Balaban J connectivity index is 1.29. The number of likely N-dealkylation sites (tertiary alicyclic amines) is 1. The van der Waals surface area contributed by atoms with Crippen LogP contribution in [0, 0.1) is 0 Å². The van der Waals surface area contributed by atoms with Gasteiger partial charge in [0.05, 0.1) is 29.2 Å². The summed E-state index contributed by atoms with van der Waals surface area (Å²) in [4.78, 5) is 6.37. The quantitative estimate of drug-likeness (QED) is 0.593. The van der Waals surface area contributed by atoms with Gasteiger partial charge in [0.1, 0.15) is 5.01 Å². The molecule has 27 heavy (non-hydrogen) atoms. The first kappa shape index (κ1) is 16.6. The second-order valence-corrected chi connectivity index (χ2v) is 8.17. The van der Waals surface area contributed by atoms with Crippen molar-refractivity contribution in [2.75, 3.05) is 13.1 Å². The highest BCUT2D eigenvalue weighted by Gasteiger charge is 2.28. The molecule has 2 atom stereocenters. The van der Waals surface area contributed by atoms with Crippen LogP contribution in [0.5, 0.6) is 0 Å². The molecular weight excluding hydrogens is 356 g/mol. The fourth-order valence-corrected chi connectivity index (χ4v) is 4.93. The molecular formula is C21H21N4OS+. The molecule has 5 rings (SSSR count). The number of piperidine rings is 1. The normalized spacial score (nSPS) is 20.1. The number of hydrogen-bond donors (Lipinski definition) is 1. The Bertz CT molecular complexity index is 1010. The smallest absolute Gasteiger partial charge is 0.271 e. The predicted octanol–water partition coefficient (Wildman–Crippen LogP) is 3.31. The van der Waals surface area contributed by atoms with Gasteiger partial charge in [0.15, 0.2) is 6.54 Å². The second-order valence-electron chi connectivity index (χ2n) is 7.11. The molecule has 1 aliphatic heterocycles. The number of fused-ring (bicyclic) bond motifs is 1. The summed E-state index contributed by atoms with van der Waals surface area (Å²) in [6.45, 7) is 2.99. The van der Waals surface area contributed by atoms with Crippen LogP contribution in [-0.4, -0.2) is 28.3 Å². The number of hydrogen-bond acceptors (Lipinski definition) is 5. The van der Waals surface area contributed by atoms with Crippen molar-refractivity contribution in [2.24, 2.45) is 0 Å². The summed E-state index contributed by atoms with van der Waals surface area (Å²) in [5.41, 5.74) is 2.09. The lowest BCUT2D eigenvalue weighted by Crippen LogP contribution is -3.12. The number of thiazole rings is 1. The molecule has 0 aliphatic carbocycles. The summed E-state index contributed by atoms with van der Waals surface area (Å²) in [6, 6.07) is 18.4. The zero-order valence-electron chi connectivity index (χ0n) is 15.0. The van der Waals surface area contributed by atoms with Gasteiger partial charge in [-0.05, 0) is 37.1 Å². The molecule has 1 fully saturated rings. The van der Waals surface area contributed by atoms with Crippen molar-refractivity contribution in [1.29, 1.82) is 0 Å². The molecule has 0 saturated carbocycles. The van der Waals surface area contributed by atoms with Crippen LogP contribution in [0.15, 0.2) is 59.0 Å². The van der Waals surface area contributed by atoms with Crippen molar-refractivity contribution >= 4 is 21.6 Å². The first-order valence-corrected chi connectivity index (χ1v) is 10.2. The summed E-state index contributed by atoms with van der Waals surface area (Å²) < 4.78 is 7.19. The molecule has 4 aromatic rings. The minimum Gasteiger partial charge on any atom is -0.415 e. The van der Waals surface area contributed by atoms with Crippen LogP contribution in [0.4, 0.5) is 0 Å². The van der Waals surface area contributed by atoms with Crippen LogP contribution in [0.3, 0.4) is 0 Å². The Hall–Kier alpha value is -2.57. The van der Waals surface area contributed by atoms with Crippen LogP contribution in [0.1, 0.15) is 29.7 Å². The number of aromatic nitrogens is 3. The van der Waals surface area contributed by atoms with Gasteiger partial charge >= 0.3 is 0 Å². The molecule has 2 aromatic heterocycles. The Kier molecular flexibility index (Phi) is 4.43. The summed E-state index contributed by atoms with van der Waals surface area (Å²) in [7, 11) is 0. The van der Waals surface area contributed by atoms with E-state index in [2.05, 4.69) is 34.5 Å². The van der Waals surface area contributed by atoms with E-state index in [0.717, 1.165) is 30.7 Å². The summed E-state index contributed by atoms with van der Waals surface area (Å²) in [5.74, 6) is 1.83. The standard InChI is InChI=1S/C21H20N4OS/c1-2-7-15(8-3-1)20-24-23-19(26-20)14-25-12-6-9-16(13-25)21-22-17-10-4-5-11-18(17)27-21/h1-5,7-8,10-11,16H,6,9,12-14H2/p+1/t16-/m1/s1. The number of quaternary nitrogens is 1. The Morgan fingerprint density at radius 2 is 1.89 bits per heavy atom. The van der Waals surface area contributed by atoms with Gasteiger partial charge < -0.3 is 9.32 Å². The fraction of sp³-hybridized carbons (Fsp3) is 0.286. The SMILES string of the molecule is c1ccc(-c2nnc(C[NH+]3CCC[C@@H](c4nc5ccccc5s4)C3)o2)cc1. The second kappa shape index (κ2) is 7.21. The van der Waals surface area contributed by atoms with E-state index in [1.165, 1.54) is 27.4 Å². The monoisotopic (exact) mass is 377 g/mol. The molecule has 1 unspecified atom stereocenters. The average molecular weight is 377 g/mol. The third kappa shape index (κ3) is 3.50. The molecule has 0 spiro atoms. The molecule has 0 bridgehead atoms. The van der Waals surface area contributed by atoms with Gasteiger partial charge in [-0.3, -0.25) is 0 Å². The third-order valence-corrected chi connectivity index (χ3v) is 6.37. The van der Waals surface area contributed by atoms with Crippen molar-refractivity contribution in [2.45, 2.75) is 25.3 Å². The first-order chi connectivity index (χ1) is 13.3. The highest BCUT2D eigenvalue weighted by atomic mass is 32.1. The van der Waals surface area contributed by atoms with Crippen LogP contribution >= 0.6 is 11.3 Å². The van der Waals surface area contributed by atoms with Gasteiger partial charge in [0.2, 0.25) is 5.89 Å². The molecule has 6 heteroatoms. The molecule has 3 heterocycles. The van der Waals surface area contributed by atoms with E-state index in [1.54, 1.807) is 0 Å². The van der Waals surface area contributed by atoms with E-state index in [0.29, 0.717) is 17.7 Å². The maximum atomic E-state index is 5.91. The Morgan fingerprint density at radius 3 is 2.78 bits per heavy atom. The van der Waals surface area contributed by atoms with Gasteiger partial charge in [-0.2, -0.15) is 0 Å². The number of para-hydroxylation sites is 1. The average Bonchev–Trinajstić information content (AvgIpc) is 3.36. The van der Waals surface area contributed by atoms with E-state index >= 15 is 0 Å². The number of rotatable bonds is 4. The highest BCUT2D eigenvalue weighted by Crippen LogP contribution is 2.30. The third-order valence-electron chi connectivity index (χ3n) is 5.17. The van der Waals surface area contributed by atoms with Crippen molar-refractivity contribution < 1.29 is 9.32 Å². The topological polar surface area (TPSA) is 56.2 Å². The van der Waals surface area contributed by atoms with Gasteiger partial charge in [0, 0.05) is 5.56 Å². The molecule has 2 aromatic carbocycles. The molecule has 5 nitrogen and oxygen atoms in total. The van der Waals surface area contributed by atoms with Gasteiger partial charge in [0.25, 0.3) is 5.89 Å². The van der Waals surface area contributed by atoms with Crippen molar-refractivity contribution in [1.82, 2.24) is 15.2 Å². The van der Waals surface area contributed by atoms with Crippen molar-refractivity contribution in [3.05, 3.63) is 65.5 Å². The van der Waals surface area contributed by atoms with E-state index in [9.17, 15) is 0 Å². The molecule has 136 valence electrons. The summed E-state index contributed by atoms with van der Waals surface area (Å²) >= 11 is 1.84. The lowest BCUT2D eigenvalue weighted by Gasteiger charge is -2.27. The Morgan fingerprint density at radius 1 is 1.04 bits per heavy atom. The zero-order valence-corrected chi connectivity index (χ0v) is 15.8. The van der Waals surface area contributed by atoms with Crippen molar-refractivity contribution in [3.8, 4) is 11.5 Å². The van der Waals surface area contributed by atoms with Crippen LogP contribution in [-0.2, 0) is 6.54 Å². The maximum Gasteiger partial charge on any atom is 0.271 e. The van der Waals surface area contributed by atoms with Crippen LogP contribution in [0.25, 0.3) is 21.7 Å². The van der Waals surface area contributed by atoms with Crippen molar-refractivity contribution in [3.63, 3.8) is 0 Å². The van der Waals surface area contributed by atoms with E-state index < -0.39 is 0 Å². The highest BCUT2D eigenvalue weighted by molar-refractivity contribution is 7.18. The van der Waals surface area contributed by atoms with Gasteiger partial charge in [-0.15, -0.1) is 21.5 Å². The van der Waals surface area contributed by atoms with E-state index in [4.69, 9.17) is 9.40 Å². The number of benzene rings is 2. The van der Waals surface area contributed by atoms with Gasteiger partial charge in [-0.1, -0.05) is 30.3 Å². The van der Waals surface area contributed by atoms with Crippen LogP contribution in [0.2, 0.25) is 0 Å². The minimum atomic E-state index is 0.516. The lowest BCUT2D eigenvalue weighted by atomic mass is 9.99. The first-order valence-electron chi connectivity index (χ1n) is 9.42. The summed E-state index contributed by atoms with van der Waals surface area (Å²) in [6.07, 6.45) is 2.41. The Labute approximate surface area is 161 Å².